The van der Waals surface area contributed by atoms with Gasteiger partial charge in [0.2, 0.25) is 0 Å². The average molecular weight is 287 g/mol. The largest absolute Gasteiger partial charge is 0.496 e. The van der Waals surface area contributed by atoms with Crippen molar-refractivity contribution in [2.24, 2.45) is 5.73 Å². The zero-order valence-corrected chi connectivity index (χ0v) is 12.3. The molecule has 112 valence electrons. The molecule has 0 aliphatic heterocycles. The molecular formula is C17H21NO3. The summed E-state index contributed by atoms with van der Waals surface area (Å²) in [5, 5.41) is 10.4. The van der Waals surface area contributed by atoms with Crippen molar-refractivity contribution in [1.82, 2.24) is 0 Å². The van der Waals surface area contributed by atoms with Crippen LogP contribution in [0.5, 0.6) is 11.5 Å². The summed E-state index contributed by atoms with van der Waals surface area (Å²) >= 11 is 0. The molecule has 4 heteroatoms. The number of hydrogen-bond acceptors (Lipinski definition) is 4. The summed E-state index contributed by atoms with van der Waals surface area (Å²) in [5.74, 6) is 1.32. The van der Waals surface area contributed by atoms with Crippen LogP contribution >= 0.6 is 0 Å². The zero-order valence-electron chi connectivity index (χ0n) is 12.3. The fourth-order valence-electron chi connectivity index (χ4n) is 2.32. The second kappa shape index (κ2) is 6.61. The lowest BCUT2D eigenvalue weighted by Gasteiger charge is -2.36. The number of nitrogens with two attached hydrogens (primary N) is 1. The van der Waals surface area contributed by atoms with Gasteiger partial charge in [0, 0.05) is 12.1 Å². The smallest absolute Gasteiger partial charge is 0.162 e. The van der Waals surface area contributed by atoms with Gasteiger partial charge < -0.3 is 20.3 Å². The predicted octanol–water partition coefficient (Wildman–Crippen LogP) is 2.31. The van der Waals surface area contributed by atoms with E-state index in [2.05, 4.69) is 0 Å². The highest BCUT2D eigenvalue weighted by atomic mass is 16.5. The van der Waals surface area contributed by atoms with Gasteiger partial charge in [-0.3, -0.25) is 0 Å². The molecule has 0 amide bonds. The van der Waals surface area contributed by atoms with Crippen LogP contribution in [0.1, 0.15) is 12.5 Å². The van der Waals surface area contributed by atoms with Gasteiger partial charge in [-0.05, 0) is 25.1 Å². The number of methoxy groups -OCH3 is 1. The van der Waals surface area contributed by atoms with Crippen LogP contribution in [0, 0.1) is 0 Å². The Balaban J connectivity index is 2.46. The Morgan fingerprint density at radius 3 is 2.33 bits per heavy atom. The first kappa shape index (κ1) is 15.4. The highest BCUT2D eigenvalue weighted by Gasteiger charge is 2.39. The maximum atomic E-state index is 10.4. The maximum Gasteiger partial charge on any atom is 0.162 e. The molecule has 0 fully saturated rings. The summed E-state index contributed by atoms with van der Waals surface area (Å²) in [6, 6.07) is 16.8. The Bertz CT molecular complexity index is 573. The molecule has 2 unspecified atom stereocenters. The first-order valence-corrected chi connectivity index (χ1v) is 6.87. The van der Waals surface area contributed by atoms with E-state index in [0.717, 1.165) is 5.56 Å². The summed E-state index contributed by atoms with van der Waals surface area (Å²) in [6.07, 6.45) is -0.867. The van der Waals surface area contributed by atoms with E-state index >= 15 is 0 Å². The molecule has 2 rings (SSSR count). The maximum absolute atomic E-state index is 10.4. The Hall–Kier alpha value is -2.04. The predicted molar refractivity (Wildman–Crippen MR) is 82.5 cm³/mol. The van der Waals surface area contributed by atoms with E-state index in [1.807, 2.05) is 61.5 Å². The van der Waals surface area contributed by atoms with Crippen LogP contribution < -0.4 is 15.2 Å². The molecule has 0 aliphatic carbocycles. The number of hydrogen-bond donors (Lipinski definition) is 2. The van der Waals surface area contributed by atoms with Gasteiger partial charge in [0.25, 0.3) is 0 Å². The molecule has 2 atom stereocenters. The van der Waals surface area contributed by atoms with Crippen LogP contribution in [0.3, 0.4) is 0 Å². The monoisotopic (exact) mass is 287 g/mol. The van der Waals surface area contributed by atoms with E-state index in [1.165, 1.54) is 0 Å². The third-order valence-corrected chi connectivity index (χ3v) is 3.57. The molecular weight excluding hydrogens is 266 g/mol. The van der Waals surface area contributed by atoms with Gasteiger partial charge in [0.15, 0.2) is 5.60 Å². The summed E-state index contributed by atoms with van der Waals surface area (Å²) in [6.45, 7) is 1.90. The Morgan fingerprint density at radius 1 is 1.10 bits per heavy atom. The number of rotatable bonds is 6. The standard InChI is InChI=1S/C17H21NO3/c1-17(16(19)12-18,21-13-8-4-3-5-9-13)14-10-6-7-11-15(14)20-2/h3-11,16,19H,12,18H2,1-2H3. The van der Waals surface area contributed by atoms with Crippen molar-refractivity contribution < 1.29 is 14.6 Å². The Labute approximate surface area is 125 Å². The molecule has 2 aromatic carbocycles. The SMILES string of the molecule is COc1ccccc1C(C)(Oc1ccccc1)C(O)CN. The van der Waals surface area contributed by atoms with Crippen molar-refractivity contribution >= 4 is 0 Å². The molecule has 3 N–H and O–H groups in total. The van der Waals surface area contributed by atoms with E-state index in [1.54, 1.807) is 7.11 Å². The molecule has 0 aliphatic rings. The second-order valence-corrected chi connectivity index (χ2v) is 4.97. The molecule has 2 aromatic rings. The number of aliphatic hydroxyl groups excluding tert-OH is 1. The van der Waals surface area contributed by atoms with E-state index < -0.39 is 11.7 Å². The van der Waals surface area contributed by atoms with Crippen molar-refractivity contribution in [3.63, 3.8) is 0 Å². The molecule has 4 nitrogen and oxygen atoms in total. The zero-order chi connectivity index (χ0) is 15.3. The first-order valence-electron chi connectivity index (χ1n) is 6.87. The Morgan fingerprint density at radius 2 is 1.71 bits per heavy atom. The summed E-state index contributed by atoms with van der Waals surface area (Å²) in [5.41, 5.74) is 5.43. The van der Waals surface area contributed by atoms with E-state index in [4.69, 9.17) is 15.2 Å². The lowest BCUT2D eigenvalue weighted by molar-refractivity contribution is -0.0423. The van der Waals surface area contributed by atoms with Crippen LogP contribution in [-0.4, -0.2) is 24.9 Å². The van der Waals surface area contributed by atoms with Crippen LogP contribution in [0.2, 0.25) is 0 Å². The minimum atomic E-state index is -0.997. The molecule has 0 aromatic heterocycles. The van der Waals surface area contributed by atoms with Crippen LogP contribution in [0.25, 0.3) is 0 Å². The molecule has 0 radical (unpaired) electrons. The van der Waals surface area contributed by atoms with Gasteiger partial charge in [-0.1, -0.05) is 36.4 Å². The third-order valence-electron chi connectivity index (χ3n) is 3.57. The highest BCUT2D eigenvalue weighted by molar-refractivity contribution is 5.40. The topological polar surface area (TPSA) is 64.7 Å². The summed E-state index contributed by atoms with van der Waals surface area (Å²) < 4.78 is 11.5. The van der Waals surface area contributed by atoms with Gasteiger partial charge in [-0.25, -0.2) is 0 Å². The van der Waals surface area contributed by atoms with Crippen molar-refractivity contribution in [3.8, 4) is 11.5 Å². The molecule has 0 bridgehead atoms. The number of para-hydroxylation sites is 2. The van der Waals surface area contributed by atoms with Crippen LogP contribution in [-0.2, 0) is 5.60 Å². The normalized spacial score (nSPS) is 15.0. The van der Waals surface area contributed by atoms with Gasteiger partial charge >= 0.3 is 0 Å². The van der Waals surface area contributed by atoms with E-state index in [9.17, 15) is 5.11 Å². The lowest BCUT2D eigenvalue weighted by atomic mass is 9.88. The van der Waals surface area contributed by atoms with Gasteiger partial charge in [0.1, 0.15) is 17.6 Å². The molecule has 21 heavy (non-hydrogen) atoms. The summed E-state index contributed by atoms with van der Waals surface area (Å²) in [7, 11) is 1.59. The van der Waals surface area contributed by atoms with Crippen molar-refractivity contribution in [2.45, 2.75) is 18.6 Å². The molecule has 0 heterocycles. The van der Waals surface area contributed by atoms with Gasteiger partial charge in [0.05, 0.1) is 7.11 Å². The quantitative estimate of drug-likeness (QED) is 0.855. The number of benzene rings is 2. The number of aliphatic hydroxyl groups is 1. The fourth-order valence-corrected chi connectivity index (χ4v) is 2.32. The van der Waals surface area contributed by atoms with Gasteiger partial charge in [-0.2, -0.15) is 0 Å². The number of ether oxygens (including phenoxy) is 2. The second-order valence-electron chi connectivity index (χ2n) is 4.97. The van der Waals surface area contributed by atoms with Gasteiger partial charge in [-0.15, -0.1) is 0 Å². The lowest BCUT2D eigenvalue weighted by Crippen LogP contribution is -2.46. The Kier molecular flexibility index (Phi) is 4.83. The van der Waals surface area contributed by atoms with E-state index in [0.29, 0.717) is 11.5 Å². The van der Waals surface area contributed by atoms with Crippen LogP contribution in [0.4, 0.5) is 0 Å². The minimum Gasteiger partial charge on any atom is -0.496 e. The first-order chi connectivity index (χ1) is 10.1. The van der Waals surface area contributed by atoms with Crippen molar-refractivity contribution in [2.75, 3.05) is 13.7 Å². The van der Waals surface area contributed by atoms with E-state index in [-0.39, 0.29) is 6.54 Å². The molecule has 0 saturated carbocycles. The fraction of sp³-hybridized carbons (Fsp3) is 0.294. The average Bonchev–Trinajstić information content (AvgIpc) is 2.54. The van der Waals surface area contributed by atoms with Crippen molar-refractivity contribution in [3.05, 3.63) is 60.2 Å². The highest BCUT2D eigenvalue weighted by Crippen LogP contribution is 2.36. The third kappa shape index (κ3) is 3.17. The molecule has 0 spiro atoms. The summed E-state index contributed by atoms with van der Waals surface area (Å²) in [4.78, 5) is 0. The molecule has 0 saturated heterocycles. The minimum absolute atomic E-state index is 0.0847. The van der Waals surface area contributed by atoms with Crippen molar-refractivity contribution in [1.29, 1.82) is 0 Å². The van der Waals surface area contributed by atoms with Crippen LogP contribution in [0.15, 0.2) is 54.6 Å².